The van der Waals surface area contributed by atoms with E-state index < -0.39 is 11.9 Å². The normalized spacial score (nSPS) is 11.0. The fraction of sp³-hybridized carbons (Fsp3) is 0. The summed E-state index contributed by atoms with van der Waals surface area (Å²) < 4.78 is 6.46. The molecule has 4 aromatic rings. The molecule has 2 aromatic carbocycles. The monoisotopic (exact) mass is 435 g/mol. The van der Waals surface area contributed by atoms with Gasteiger partial charge in [0.25, 0.3) is 5.91 Å². The first-order valence-corrected chi connectivity index (χ1v) is 10.0. The van der Waals surface area contributed by atoms with Crippen LogP contribution in [-0.4, -0.2) is 23.1 Å². The Hall–Kier alpha value is -3.55. The van der Waals surface area contributed by atoms with Crippen molar-refractivity contribution in [2.45, 2.75) is 0 Å². The Morgan fingerprint density at radius 1 is 1.07 bits per heavy atom. The Bertz CT molecular complexity index is 1250. The van der Waals surface area contributed by atoms with Gasteiger partial charge in [0, 0.05) is 28.0 Å². The van der Waals surface area contributed by atoms with Gasteiger partial charge in [-0.05, 0) is 30.3 Å². The third-order valence-electron chi connectivity index (χ3n) is 4.14. The molecule has 148 valence electrons. The number of benzene rings is 2. The second-order valence-electron chi connectivity index (χ2n) is 6.11. The number of ether oxygens (including phenoxy) is 1. The largest absolute Gasteiger partial charge is 0.422 e. The predicted molar refractivity (Wildman–Crippen MR) is 118 cm³/mol. The summed E-state index contributed by atoms with van der Waals surface area (Å²) in [6, 6.07) is 17.7. The van der Waals surface area contributed by atoms with E-state index in [1.807, 2.05) is 24.3 Å². The number of hydrogen-bond donors (Lipinski definition) is 1. The molecule has 0 fully saturated rings. The van der Waals surface area contributed by atoms with Crippen LogP contribution >= 0.6 is 22.9 Å². The number of carbonyl (C=O) groups excluding carboxylic acids is 2. The van der Waals surface area contributed by atoms with Crippen LogP contribution in [0.15, 0.2) is 78.2 Å². The topological polar surface area (TPSA) is 80.6 Å². The number of para-hydroxylation sites is 1. The lowest BCUT2D eigenvalue weighted by Gasteiger charge is -2.06. The zero-order valence-corrected chi connectivity index (χ0v) is 17.0. The summed E-state index contributed by atoms with van der Waals surface area (Å²) in [7, 11) is 0. The van der Waals surface area contributed by atoms with Gasteiger partial charge >= 0.3 is 5.97 Å². The quantitative estimate of drug-likeness (QED) is 0.208. The van der Waals surface area contributed by atoms with E-state index in [9.17, 15) is 9.59 Å². The molecule has 2 aromatic heterocycles. The molecule has 30 heavy (non-hydrogen) atoms. The summed E-state index contributed by atoms with van der Waals surface area (Å²) in [4.78, 5) is 29.0. The number of fused-ring (bicyclic) bond motifs is 1. The first-order valence-electron chi connectivity index (χ1n) is 8.85. The van der Waals surface area contributed by atoms with Crippen molar-refractivity contribution in [2.24, 2.45) is 5.10 Å². The van der Waals surface area contributed by atoms with Crippen LogP contribution in [0.3, 0.4) is 0 Å². The third kappa shape index (κ3) is 4.22. The minimum Gasteiger partial charge on any atom is -0.422 e. The lowest BCUT2D eigenvalue weighted by molar-refractivity contribution is 0.0739. The van der Waals surface area contributed by atoms with Crippen molar-refractivity contribution in [3.8, 4) is 5.75 Å². The molecule has 0 unspecified atom stereocenters. The summed E-state index contributed by atoms with van der Waals surface area (Å²) in [6.45, 7) is 0. The number of rotatable bonds is 5. The standard InChI is InChI=1S/C22H14ClN3O3S/c23-19-16-8-2-4-10-18(16)30-20(19)22(28)29-17-9-3-1-6-14(17)13-25-26-21(27)15-7-5-11-24-12-15/h1-13H,(H,26,27). The average Bonchev–Trinajstić information content (AvgIpc) is 3.12. The average molecular weight is 436 g/mol. The Morgan fingerprint density at radius 2 is 1.87 bits per heavy atom. The molecule has 0 atom stereocenters. The maximum atomic E-state index is 12.7. The van der Waals surface area contributed by atoms with Gasteiger partial charge in [-0.25, -0.2) is 10.2 Å². The number of pyridine rings is 1. The molecule has 6 nitrogen and oxygen atoms in total. The van der Waals surface area contributed by atoms with E-state index in [1.165, 1.54) is 23.7 Å². The highest BCUT2D eigenvalue weighted by molar-refractivity contribution is 7.21. The van der Waals surface area contributed by atoms with Crippen molar-refractivity contribution in [1.82, 2.24) is 10.4 Å². The van der Waals surface area contributed by atoms with Gasteiger partial charge in [0.1, 0.15) is 10.6 Å². The number of amides is 1. The van der Waals surface area contributed by atoms with Gasteiger partial charge in [-0.2, -0.15) is 5.10 Å². The van der Waals surface area contributed by atoms with Crippen LogP contribution in [0, 0.1) is 0 Å². The lowest BCUT2D eigenvalue weighted by atomic mass is 10.2. The van der Waals surface area contributed by atoms with Crippen molar-refractivity contribution >= 4 is 51.1 Å². The highest BCUT2D eigenvalue weighted by atomic mass is 35.5. The summed E-state index contributed by atoms with van der Waals surface area (Å²) in [5.74, 6) is -0.650. The number of thiophene rings is 1. The number of aromatic nitrogens is 1. The van der Waals surface area contributed by atoms with E-state index >= 15 is 0 Å². The molecule has 0 saturated heterocycles. The lowest BCUT2D eigenvalue weighted by Crippen LogP contribution is -2.17. The van der Waals surface area contributed by atoms with Gasteiger partial charge in [-0.15, -0.1) is 11.3 Å². The molecule has 2 heterocycles. The molecule has 4 rings (SSSR count). The maximum absolute atomic E-state index is 12.7. The SMILES string of the molecule is O=C(NN=Cc1ccccc1OC(=O)c1sc2ccccc2c1Cl)c1cccnc1. The molecule has 0 aliphatic heterocycles. The Labute approximate surface area is 180 Å². The number of nitrogens with one attached hydrogen (secondary N) is 1. The summed E-state index contributed by atoms with van der Waals surface area (Å²) in [5.41, 5.74) is 3.32. The number of hydrazone groups is 1. The molecule has 8 heteroatoms. The number of esters is 1. The van der Waals surface area contributed by atoms with Gasteiger partial charge in [-0.1, -0.05) is 41.9 Å². The zero-order valence-electron chi connectivity index (χ0n) is 15.4. The van der Waals surface area contributed by atoms with Crippen molar-refractivity contribution in [3.63, 3.8) is 0 Å². The Morgan fingerprint density at radius 3 is 2.67 bits per heavy atom. The van der Waals surface area contributed by atoms with Gasteiger partial charge < -0.3 is 4.74 Å². The highest BCUT2D eigenvalue weighted by Gasteiger charge is 2.19. The van der Waals surface area contributed by atoms with E-state index in [4.69, 9.17) is 16.3 Å². The minimum atomic E-state index is -0.554. The second-order valence-corrected chi connectivity index (χ2v) is 7.54. The van der Waals surface area contributed by atoms with Crippen molar-refractivity contribution in [3.05, 3.63) is 94.1 Å². The predicted octanol–water partition coefficient (Wildman–Crippen LogP) is 4.93. The van der Waals surface area contributed by atoms with E-state index in [0.29, 0.717) is 26.8 Å². The number of carbonyl (C=O) groups is 2. The molecule has 1 N–H and O–H groups in total. The number of halogens is 1. The molecule has 0 aliphatic rings. The van der Waals surface area contributed by atoms with Gasteiger partial charge in [0.15, 0.2) is 0 Å². The first kappa shape index (κ1) is 19.8. The van der Waals surface area contributed by atoms with E-state index in [0.717, 1.165) is 10.1 Å². The molecular weight excluding hydrogens is 422 g/mol. The van der Waals surface area contributed by atoms with Gasteiger partial charge in [0.2, 0.25) is 0 Å². The third-order valence-corrected chi connectivity index (χ3v) is 5.79. The molecule has 0 spiro atoms. The van der Waals surface area contributed by atoms with E-state index in [1.54, 1.807) is 42.6 Å². The van der Waals surface area contributed by atoms with Crippen LogP contribution in [0.1, 0.15) is 25.6 Å². The van der Waals surface area contributed by atoms with Crippen molar-refractivity contribution in [1.29, 1.82) is 0 Å². The van der Waals surface area contributed by atoms with E-state index in [-0.39, 0.29) is 0 Å². The van der Waals surface area contributed by atoms with Crippen LogP contribution in [-0.2, 0) is 0 Å². The fourth-order valence-electron chi connectivity index (χ4n) is 2.69. The van der Waals surface area contributed by atoms with Crippen LogP contribution in [0.25, 0.3) is 10.1 Å². The van der Waals surface area contributed by atoms with Crippen molar-refractivity contribution in [2.75, 3.05) is 0 Å². The number of nitrogens with zero attached hydrogens (tertiary/aromatic N) is 2. The molecule has 0 aliphatic carbocycles. The van der Waals surface area contributed by atoms with Gasteiger partial charge in [0.05, 0.1) is 16.8 Å². The summed E-state index contributed by atoms with van der Waals surface area (Å²) in [5, 5.41) is 5.12. The minimum absolute atomic E-state index is 0.301. The van der Waals surface area contributed by atoms with E-state index in [2.05, 4.69) is 15.5 Å². The molecule has 0 radical (unpaired) electrons. The highest BCUT2D eigenvalue weighted by Crippen LogP contribution is 2.35. The molecule has 1 amide bonds. The van der Waals surface area contributed by atoms with Crippen LogP contribution in [0.5, 0.6) is 5.75 Å². The summed E-state index contributed by atoms with van der Waals surface area (Å²) >= 11 is 7.64. The molecule has 0 bridgehead atoms. The Kier molecular flexibility index (Phi) is 5.83. The maximum Gasteiger partial charge on any atom is 0.355 e. The Balaban J connectivity index is 1.51. The van der Waals surface area contributed by atoms with Gasteiger partial charge in [-0.3, -0.25) is 9.78 Å². The molecular formula is C22H14ClN3O3S. The zero-order chi connectivity index (χ0) is 20.9. The van der Waals surface area contributed by atoms with Crippen LogP contribution < -0.4 is 10.2 Å². The first-order chi connectivity index (χ1) is 14.6. The fourth-order valence-corrected chi connectivity index (χ4v) is 4.08. The number of hydrogen-bond acceptors (Lipinski definition) is 6. The smallest absolute Gasteiger partial charge is 0.355 e. The molecule has 0 saturated carbocycles. The second kappa shape index (κ2) is 8.86. The van der Waals surface area contributed by atoms with Crippen molar-refractivity contribution < 1.29 is 14.3 Å². The van der Waals surface area contributed by atoms with Crippen LogP contribution in [0.4, 0.5) is 0 Å². The van der Waals surface area contributed by atoms with Crippen LogP contribution in [0.2, 0.25) is 5.02 Å². The summed E-state index contributed by atoms with van der Waals surface area (Å²) in [6.07, 6.45) is 4.42.